The van der Waals surface area contributed by atoms with Gasteiger partial charge in [0.25, 0.3) is 0 Å². The summed E-state index contributed by atoms with van der Waals surface area (Å²) in [5.74, 6) is -0.426. The van der Waals surface area contributed by atoms with Gasteiger partial charge in [0.1, 0.15) is 6.54 Å². The van der Waals surface area contributed by atoms with Crippen LogP contribution in [0.15, 0.2) is 12.4 Å². The maximum absolute atomic E-state index is 10.6. The van der Waals surface area contributed by atoms with Gasteiger partial charge >= 0.3 is 0 Å². The zero-order valence-corrected chi connectivity index (χ0v) is 9.60. The van der Waals surface area contributed by atoms with Crippen molar-refractivity contribution in [3.63, 3.8) is 0 Å². The molecular weight excluding hydrogens is 208 g/mol. The Balaban J connectivity index is 2.49. The Morgan fingerprint density at radius 2 is 2.38 bits per heavy atom. The second-order valence-corrected chi connectivity index (χ2v) is 4.57. The molecule has 1 amide bonds. The van der Waals surface area contributed by atoms with Crippen LogP contribution in [-0.4, -0.2) is 33.9 Å². The van der Waals surface area contributed by atoms with E-state index < -0.39 is 5.91 Å². The fourth-order valence-corrected chi connectivity index (χ4v) is 1.10. The Bertz CT molecular complexity index is 359. The van der Waals surface area contributed by atoms with Crippen LogP contribution in [-0.2, 0) is 11.3 Å². The summed E-state index contributed by atoms with van der Waals surface area (Å²) >= 11 is 0. The van der Waals surface area contributed by atoms with Crippen molar-refractivity contribution in [2.45, 2.75) is 20.4 Å². The van der Waals surface area contributed by atoms with Gasteiger partial charge in [-0.05, 0) is 0 Å². The molecule has 0 fully saturated rings. The number of aliphatic hydroxyl groups excluding tert-OH is 1. The molecule has 4 N–H and O–H groups in total. The van der Waals surface area contributed by atoms with E-state index in [1.807, 2.05) is 13.8 Å². The molecule has 0 radical (unpaired) electrons. The third-order valence-electron chi connectivity index (χ3n) is 2.15. The lowest BCUT2D eigenvalue weighted by Gasteiger charge is -2.21. The molecule has 1 aromatic heterocycles. The molecule has 6 heteroatoms. The molecule has 0 unspecified atom stereocenters. The molecule has 1 rings (SSSR count). The van der Waals surface area contributed by atoms with E-state index in [-0.39, 0.29) is 18.6 Å². The molecule has 90 valence electrons. The van der Waals surface area contributed by atoms with Crippen LogP contribution in [0, 0.1) is 5.41 Å². The third kappa shape index (κ3) is 3.90. The third-order valence-corrected chi connectivity index (χ3v) is 2.15. The number of primary amides is 1. The summed E-state index contributed by atoms with van der Waals surface area (Å²) in [6.45, 7) is 4.72. The van der Waals surface area contributed by atoms with E-state index in [9.17, 15) is 4.79 Å². The standard InChI is InChI=1S/C10H18N4O2/c1-10(2,7-15)6-12-8-3-13-14(4-8)5-9(11)16/h3-4,12,15H,5-7H2,1-2H3,(H2,11,16). The topological polar surface area (TPSA) is 93.2 Å². The average Bonchev–Trinajstić information content (AvgIpc) is 2.62. The summed E-state index contributed by atoms with van der Waals surface area (Å²) in [4.78, 5) is 10.6. The van der Waals surface area contributed by atoms with Crippen LogP contribution >= 0.6 is 0 Å². The number of nitrogens with two attached hydrogens (primary N) is 1. The summed E-state index contributed by atoms with van der Waals surface area (Å²) in [6.07, 6.45) is 3.33. The monoisotopic (exact) mass is 226 g/mol. The summed E-state index contributed by atoms with van der Waals surface area (Å²) in [5, 5.41) is 16.2. The Hall–Kier alpha value is -1.56. The molecule has 0 spiro atoms. The number of anilines is 1. The number of nitrogens with one attached hydrogen (secondary N) is 1. The van der Waals surface area contributed by atoms with Crippen molar-refractivity contribution < 1.29 is 9.90 Å². The van der Waals surface area contributed by atoms with Crippen LogP contribution in [0.4, 0.5) is 5.69 Å². The summed E-state index contributed by atoms with van der Waals surface area (Å²) in [6, 6.07) is 0. The quantitative estimate of drug-likeness (QED) is 0.626. The van der Waals surface area contributed by atoms with Gasteiger partial charge in [-0.15, -0.1) is 0 Å². The highest BCUT2D eigenvalue weighted by Crippen LogP contribution is 2.15. The first-order valence-electron chi connectivity index (χ1n) is 5.08. The van der Waals surface area contributed by atoms with Crippen LogP contribution in [0.25, 0.3) is 0 Å². The Kier molecular flexibility index (Phi) is 3.89. The number of amides is 1. The first-order chi connectivity index (χ1) is 7.43. The van der Waals surface area contributed by atoms with Gasteiger partial charge in [-0.25, -0.2) is 0 Å². The van der Waals surface area contributed by atoms with E-state index in [1.54, 1.807) is 12.4 Å². The Morgan fingerprint density at radius 1 is 1.69 bits per heavy atom. The van der Waals surface area contributed by atoms with Crippen LogP contribution in [0.5, 0.6) is 0 Å². The molecule has 0 aliphatic carbocycles. The molecule has 0 saturated carbocycles. The highest BCUT2D eigenvalue weighted by atomic mass is 16.3. The first-order valence-corrected chi connectivity index (χ1v) is 5.08. The van der Waals surface area contributed by atoms with Crippen LogP contribution in [0.3, 0.4) is 0 Å². The molecular formula is C10H18N4O2. The zero-order chi connectivity index (χ0) is 12.2. The maximum Gasteiger partial charge on any atom is 0.239 e. The van der Waals surface area contributed by atoms with Crippen LogP contribution < -0.4 is 11.1 Å². The number of hydrogen-bond acceptors (Lipinski definition) is 4. The number of nitrogens with zero attached hydrogens (tertiary/aromatic N) is 2. The Labute approximate surface area is 94.4 Å². The first kappa shape index (κ1) is 12.5. The van der Waals surface area contributed by atoms with Crippen molar-refractivity contribution in [1.29, 1.82) is 0 Å². The predicted octanol–water partition coefficient (Wildman–Crippen LogP) is -0.201. The average molecular weight is 226 g/mol. The van der Waals surface area contributed by atoms with Crippen molar-refractivity contribution >= 4 is 11.6 Å². The van der Waals surface area contributed by atoms with Crippen LogP contribution in [0.2, 0.25) is 0 Å². The van der Waals surface area contributed by atoms with Crippen molar-refractivity contribution in [2.75, 3.05) is 18.5 Å². The van der Waals surface area contributed by atoms with Crippen molar-refractivity contribution in [3.05, 3.63) is 12.4 Å². The van der Waals surface area contributed by atoms with Gasteiger partial charge in [-0.1, -0.05) is 13.8 Å². The van der Waals surface area contributed by atoms with Crippen molar-refractivity contribution in [2.24, 2.45) is 11.1 Å². The zero-order valence-electron chi connectivity index (χ0n) is 9.60. The number of carbonyl (C=O) groups excluding carboxylic acids is 1. The van der Waals surface area contributed by atoms with Gasteiger partial charge in [-0.2, -0.15) is 5.10 Å². The van der Waals surface area contributed by atoms with E-state index >= 15 is 0 Å². The van der Waals surface area contributed by atoms with Gasteiger partial charge < -0.3 is 16.2 Å². The lowest BCUT2D eigenvalue weighted by atomic mass is 9.95. The molecule has 6 nitrogen and oxygen atoms in total. The smallest absolute Gasteiger partial charge is 0.239 e. The van der Waals surface area contributed by atoms with Gasteiger partial charge in [0, 0.05) is 24.8 Å². The lowest BCUT2D eigenvalue weighted by Crippen LogP contribution is -2.26. The fourth-order valence-electron chi connectivity index (χ4n) is 1.10. The van der Waals surface area contributed by atoms with E-state index in [1.165, 1.54) is 4.68 Å². The number of carbonyl (C=O) groups is 1. The van der Waals surface area contributed by atoms with Crippen molar-refractivity contribution in [1.82, 2.24) is 9.78 Å². The minimum Gasteiger partial charge on any atom is -0.396 e. The minimum absolute atomic E-state index is 0.0745. The second kappa shape index (κ2) is 4.98. The normalized spacial score (nSPS) is 11.4. The number of aromatic nitrogens is 2. The number of hydrogen-bond donors (Lipinski definition) is 3. The second-order valence-electron chi connectivity index (χ2n) is 4.57. The van der Waals surface area contributed by atoms with E-state index in [4.69, 9.17) is 10.8 Å². The number of aliphatic hydroxyl groups is 1. The lowest BCUT2D eigenvalue weighted by molar-refractivity contribution is -0.118. The van der Waals surface area contributed by atoms with E-state index in [0.29, 0.717) is 6.54 Å². The SMILES string of the molecule is CC(C)(CO)CNc1cnn(CC(N)=O)c1. The highest BCUT2D eigenvalue weighted by Gasteiger charge is 2.16. The Morgan fingerprint density at radius 3 is 2.94 bits per heavy atom. The van der Waals surface area contributed by atoms with Gasteiger partial charge in [0.15, 0.2) is 0 Å². The van der Waals surface area contributed by atoms with Gasteiger partial charge in [0.2, 0.25) is 5.91 Å². The molecule has 1 aromatic rings. The summed E-state index contributed by atoms with van der Waals surface area (Å²) in [5.41, 5.74) is 5.66. The number of rotatable bonds is 6. The maximum atomic E-state index is 10.6. The molecule has 16 heavy (non-hydrogen) atoms. The summed E-state index contributed by atoms with van der Waals surface area (Å²) < 4.78 is 1.47. The largest absolute Gasteiger partial charge is 0.396 e. The highest BCUT2D eigenvalue weighted by molar-refractivity contribution is 5.73. The molecule has 0 aliphatic rings. The molecule has 0 atom stereocenters. The molecule has 0 bridgehead atoms. The van der Waals surface area contributed by atoms with Crippen LogP contribution in [0.1, 0.15) is 13.8 Å². The molecule has 0 saturated heterocycles. The minimum atomic E-state index is -0.426. The van der Waals surface area contributed by atoms with Gasteiger partial charge in [-0.3, -0.25) is 9.48 Å². The summed E-state index contributed by atoms with van der Waals surface area (Å²) in [7, 11) is 0. The molecule has 0 aromatic carbocycles. The van der Waals surface area contributed by atoms with E-state index in [0.717, 1.165) is 5.69 Å². The van der Waals surface area contributed by atoms with E-state index in [2.05, 4.69) is 10.4 Å². The van der Waals surface area contributed by atoms with Gasteiger partial charge in [0.05, 0.1) is 11.9 Å². The predicted molar refractivity (Wildman–Crippen MR) is 60.8 cm³/mol. The fraction of sp³-hybridized carbons (Fsp3) is 0.600. The molecule has 0 aliphatic heterocycles. The molecule has 1 heterocycles. The van der Waals surface area contributed by atoms with Crippen molar-refractivity contribution in [3.8, 4) is 0 Å².